The van der Waals surface area contributed by atoms with Crippen LogP contribution in [0.25, 0.3) is 11.2 Å². The van der Waals surface area contributed by atoms with E-state index >= 15 is 0 Å². The average Bonchev–Trinajstić information content (AvgIpc) is 2.93. The molecule has 0 radical (unpaired) electrons. The van der Waals surface area contributed by atoms with Crippen molar-refractivity contribution in [3.05, 3.63) is 6.33 Å². The third-order valence-electron chi connectivity index (χ3n) is 3.26. The molecule has 4 atom stereocenters. The van der Waals surface area contributed by atoms with Crippen LogP contribution < -0.4 is 11.5 Å². The lowest BCUT2D eigenvalue weighted by Gasteiger charge is -2.17. The van der Waals surface area contributed by atoms with Crippen molar-refractivity contribution in [1.82, 2.24) is 19.5 Å². The highest BCUT2D eigenvalue weighted by molar-refractivity contribution is 5.83. The van der Waals surface area contributed by atoms with Crippen LogP contribution in [0.2, 0.25) is 0 Å². The third-order valence-corrected chi connectivity index (χ3v) is 3.26. The Hall–Kier alpha value is -2.01. The summed E-state index contributed by atoms with van der Waals surface area (Å²) in [5, 5.41) is 28.8. The topological polar surface area (TPSA) is 166 Å². The summed E-state index contributed by atoms with van der Waals surface area (Å²) in [6.45, 7) is -0.416. The summed E-state index contributed by atoms with van der Waals surface area (Å²) in [6.07, 6.45) is -2.92. The first-order valence-corrected chi connectivity index (χ1v) is 5.91. The van der Waals surface area contributed by atoms with Crippen LogP contribution in [-0.4, -0.2) is 59.8 Å². The van der Waals surface area contributed by atoms with Gasteiger partial charge in [0.05, 0.1) is 6.61 Å². The Morgan fingerprint density at radius 2 is 2.00 bits per heavy atom. The number of nitrogens with zero attached hydrogens (tertiary/aromatic N) is 4. The number of nitrogen functional groups attached to an aromatic ring is 2. The highest BCUT2D eigenvalue weighted by Crippen LogP contribution is 2.32. The van der Waals surface area contributed by atoms with E-state index in [1.54, 1.807) is 0 Å². The molecule has 20 heavy (non-hydrogen) atoms. The second-order valence-corrected chi connectivity index (χ2v) is 4.52. The summed E-state index contributed by atoms with van der Waals surface area (Å²) >= 11 is 0. The lowest BCUT2D eigenvalue weighted by Crippen LogP contribution is -2.33. The lowest BCUT2D eigenvalue weighted by atomic mass is 10.1. The van der Waals surface area contributed by atoms with Crippen molar-refractivity contribution >= 4 is 22.9 Å². The average molecular weight is 282 g/mol. The summed E-state index contributed by atoms with van der Waals surface area (Å²) in [4.78, 5) is 11.8. The van der Waals surface area contributed by atoms with Crippen molar-refractivity contribution in [3.63, 3.8) is 0 Å². The van der Waals surface area contributed by atoms with E-state index in [2.05, 4.69) is 15.0 Å². The maximum absolute atomic E-state index is 9.99. The molecule has 3 heterocycles. The second kappa shape index (κ2) is 4.52. The molecule has 1 aliphatic heterocycles. The van der Waals surface area contributed by atoms with Gasteiger partial charge >= 0.3 is 0 Å². The maximum Gasteiger partial charge on any atom is 0.224 e. The van der Waals surface area contributed by atoms with Gasteiger partial charge in [-0.15, -0.1) is 0 Å². The molecule has 1 fully saturated rings. The van der Waals surface area contributed by atoms with Gasteiger partial charge in [0, 0.05) is 0 Å². The number of aliphatic hydroxyl groups excluding tert-OH is 3. The van der Waals surface area contributed by atoms with Gasteiger partial charge in [0.15, 0.2) is 17.7 Å². The van der Waals surface area contributed by atoms with Gasteiger partial charge in [0.25, 0.3) is 0 Å². The number of aromatic nitrogens is 4. The second-order valence-electron chi connectivity index (χ2n) is 4.52. The summed E-state index contributed by atoms with van der Waals surface area (Å²) in [5.41, 5.74) is 11.9. The largest absolute Gasteiger partial charge is 0.394 e. The number of hydrogen-bond donors (Lipinski definition) is 5. The van der Waals surface area contributed by atoms with Crippen molar-refractivity contribution in [2.24, 2.45) is 0 Å². The zero-order valence-electron chi connectivity index (χ0n) is 10.3. The molecule has 0 amide bonds. The van der Waals surface area contributed by atoms with Crippen LogP contribution in [0.15, 0.2) is 6.33 Å². The minimum atomic E-state index is -1.23. The Labute approximate surface area is 112 Å². The first kappa shape index (κ1) is 13.0. The number of fused-ring (bicyclic) bond motifs is 1. The van der Waals surface area contributed by atoms with Crippen molar-refractivity contribution < 1.29 is 20.1 Å². The minimum absolute atomic E-state index is 0.0126. The zero-order valence-corrected chi connectivity index (χ0v) is 10.3. The van der Waals surface area contributed by atoms with Crippen molar-refractivity contribution in [2.45, 2.75) is 24.5 Å². The molecule has 1 aliphatic rings. The standard InChI is InChI=1S/C10H14N6O4/c11-7-4-8(15-10(12)14-7)13-2-16(4)9-6(19)5(18)3(1-17)20-9/h2-3,5-6,9,17-19H,1H2,(H4,11,12,14,15)/t3-,5-,6+,9-/m1/s1. The van der Waals surface area contributed by atoms with E-state index < -0.39 is 31.1 Å². The van der Waals surface area contributed by atoms with E-state index in [0.29, 0.717) is 5.52 Å². The van der Waals surface area contributed by atoms with Crippen LogP contribution in [-0.2, 0) is 4.74 Å². The number of aliphatic hydroxyl groups is 3. The van der Waals surface area contributed by atoms with Gasteiger partial charge in [-0.1, -0.05) is 0 Å². The molecule has 10 heteroatoms. The van der Waals surface area contributed by atoms with Crippen LogP contribution in [0, 0.1) is 0 Å². The quantitative estimate of drug-likeness (QED) is 0.403. The van der Waals surface area contributed by atoms with Gasteiger partial charge in [0.2, 0.25) is 5.95 Å². The molecule has 0 spiro atoms. The predicted molar refractivity (Wildman–Crippen MR) is 67.2 cm³/mol. The van der Waals surface area contributed by atoms with E-state index in [9.17, 15) is 10.2 Å². The molecule has 7 N–H and O–H groups in total. The molecule has 3 rings (SSSR count). The third kappa shape index (κ3) is 1.78. The maximum atomic E-state index is 9.99. The number of ether oxygens (including phenoxy) is 1. The monoisotopic (exact) mass is 282 g/mol. The van der Waals surface area contributed by atoms with Gasteiger partial charge in [-0.3, -0.25) is 4.57 Å². The Balaban J connectivity index is 2.07. The van der Waals surface area contributed by atoms with Gasteiger partial charge in [-0.2, -0.15) is 9.97 Å². The highest BCUT2D eigenvalue weighted by Gasteiger charge is 2.44. The summed E-state index contributed by atoms with van der Waals surface area (Å²) in [6, 6.07) is 0. The predicted octanol–water partition coefficient (Wildman–Crippen LogP) is -2.40. The lowest BCUT2D eigenvalue weighted by molar-refractivity contribution is -0.0508. The highest BCUT2D eigenvalue weighted by atomic mass is 16.6. The first-order valence-electron chi connectivity index (χ1n) is 5.91. The van der Waals surface area contributed by atoms with E-state index in [-0.39, 0.29) is 17.4 Å². The van der Waals surface area contributed by atoms with E-state index in [1.165, 1.54) is 10.9 Å². The number of hydrogen-bond acceptors (Lipinski definition) is 9. The van der Waals surface area contributed by atoms with E-state index in [4.69, 9.17) is 21.3 Å². The van der Waals surface area contributed by atoms with Crippen LogP contribution in [0.5, 0.6) is 0 Å². The molecule has 2 aromatic heterocycles. The van der Waals surface area contributed by atoms with Gasteiger partial charge < -0.3 is 31.5 Å². The summed E-state index contributed by atoms with van der Waals surface area (Å²) in [5.74, 6) is 0.0733. The van der Waals surface area contributed by atoms with Crippen molar-refractivity contribution in [2.75, 3.05) is 18.1 Å². The number of anilines is 2. The molecular weight excluding hydrogens is 268 g/mol. The van der Waals surface area contributed by atoms with Crippen molar-refractivity contribution in [3.8, 4) is 0 Å². The van der Waals surface area contributed by atoms with Gasteiger partial charge in [-0.25, -0.2) is 4.98 Å². The van der Waals surface area contributed by atoms with Crippen molar-refractivity contribution in [1.29, 1.82) is 0 Å². The fourth-order valence-electron chi connectivity index (χ4n) is 2.29. The van der Waals surface area contributed by atoms with E-state index in [0.717, 1.165) is 0 Å². The van der Waals surface area contributed by atoms with Crippen LogP contribution in [0.3, 0.4) is 0 Å². The van der Waals surface area contributed by atoms with Crippen LogP contribution in [0.4, 0.5) is 11.8 Å². The molecule has 0 bridgehead atoms. The zero-order chi connectivity index (χ0) is 14.4. The molecule has 0 unspecified atom stereocenters. The molecule has 0 aromatic carbocycles. The molecular formula is C10H14N6O4. The minimum Gasteiger partial charge on any atom is -0.394 e. The Morgan fingerprint density at radius 3 is 2.65 bits per heavy atom. The fraction of sp³-hybridized carbons (Fsp3) is 0.500. The summed E-state index contributed by atoms with van der Waals surface area (Å²) < 4.78 is 6.81. The number of rotatable bonds is 2. The SMILES string of the molecule is Nc1nc(N)c2c(ncn2[C@@H]2O[C@H](CO)[C@@H](O)[C@@H]2O)n1. The Kier molecular flexibility index (Phi) is 2.94. The fourth-order valence-corrected chi connectivity index (χ4v) is 2.29. The van der Waals surface area contributed by atoms with Gasteiger partial charge in [-0.05, 0) is 0 Å². The number of nitrogens with two attached hydrogens (primary N) is 2. The first-order chi connectivity index (χ1) is 9.52. The van der Waals surface area contributed by atoms with Crippen LogP contribution >= 0.6 is 0 Å². The molecule has 0 saturated carbocycles. The number of imidazole rings is 1. The Bertz CT molecular complexity index is 646. The molecule has 0 aliphatic carbocycles. The summed E-state index contributed by atoms with van der Waals surface area (Å²) in [7, 11) is 0. The van der Waals surface area contributed by atoms with Gasteiger partial charge in [0.1, 0.15) is 30.2 Å². The molecule has 108 valence electrons. The molecule has 2 aromatic rings. The normalized spacial score (nSPS) is 30.1. The molecule has 1 saturated heterocycles. The smallest absolute Gasteiger partial charge is 0.224 e. The van der Waals surface area contributed by atoms with Crippen LogP contribution in [0.1, 0.15) is 6.23 Å². The molecule has 10 nitrogen and oxygen atoms in total. The Morgan fingerprint density at radius 1 is 1.25 bits per heavy atom. The van der Waals surface area contributed by atoms with E-state index in [1.807, 2.05) is 0 Å².